The Morgan fingerprint density at radius 3 is 2.13 bits per heavy atom. The van der Waals surface area contributed by atoms with Gasteiger partial charge in [0.1, 0.15) is 36.4 Å². The van der Waals surface area contributed by atoms with E-state index in [1.165, 1.54) is 19.4 Å². The van der Waals surface area contributed by atoms with E-state index in [0.717, 1.165) is 5.57 Å². The number of esters is 1. The molecule has 10 unspecified atom stereocenters. The molecule has 0 amide bonds. The summed E-state index contributed by atoms with van der Waals surface area (Å²) >= 11 is 0. The summed E-state index contributed by atoms with van der Waals surface area (Å²) in [4.78, 5) is 17.5. The molecule has 13 nitrogen and oxygen atoms in total. The maximum absolute atomic E-state index is 12.9. The van der Waals surface area contributed by atoms with Crippen molar-refractivity contribution in [3.63, 3.8) is 0 Å². The van der Waals surface area contributed by atoms with Crippen LogP contribution in [-0.4, -0.2) is 116 Å². The van der Waals surface area contributed by atoms with Gasteiger partial charge in [0.15, 0.2) is 12.2 Å². The number of aromatic nitrogens is 1. The monoisotopic (exact) mass is 837 g/mol. The van der Waals surface area contributed by atoms with Crippen LogP contribution in [0.2, 0.25) is 0 Å². The fraction of sp³-hybridized carbons (Fsp3) is 0.532. The van der Waals surface area contributed by atoms with Gasteiger partial charge in [0.2, 0.25) is 0 Å². The van der Waals surface area contributed by atoms with E-state index >= 15 is 0 Å². The lowest BCUT2D eigenvalue weighted by Crippen LogP contribution is -2.58. The largest absolute Gasteiger partial charge is 0.458 e. The van der Waals surface area contributed by atoms with E-state index in [1.807, 2.05) is 51.2 Å². The molecule has 60 heavy (non-hydrogen) atoms. The zero-order chi connectivity index (χ0) is 44.4. The fourth-order valence-electron chi connectivity index (χ4n) is 6.85. The molecule has 1 aromatic rings. The molecule has 2 bridgehead atoms. The maximum Gasteiger partial charge on any atom is 0.331 e. The Balaban J connectivity index is 1.92. The molecule has 3 heterocycles. The Labute approximate surface area is 355 Å². The van der Waals surface area contributed by atoms with Crippen molar-refractivity contribution >= 4 is 12.0 Å². The molecular weight excluding hydrogens is 771 g/mol. The number of oxazole rings is 1. The molecule has 0 radical (unpaired) electrons. The average Bonchev–Trinajstić information content (AvgIpc) is 3.67. The lowest BCUT2D eigenvalue weighted by molar-refractivity contribution is -0.305. The molecule has 0 aromatic carbocycles. The van der Waals surface area contributed by atoms with Crippen molar-refractivity contribution in [1.82, 2.24) is 4.98 Å². The molecule has 1 fully saturated rings. The lowest BCUT2D eigenvalue weighted by Gasteiger charge is -2.42. The van der Waals surface area contributed by atoms with E-state index < -0.39 is 85.1 Å². The number of aliphatic hydroxyl groups excluding tert-OH is 6. The van der Waals surface area contributed by atoms with Crippen molar-refractivity contribution in [2.45, 2.75) is 135 Å². The van der Waals surface area contributed by atoms with Gasteiger partial charge in [-0.1, -0.05) is 124 Å². The number of cyclic esters (lactones) is 1. The van der Waals surface area contributed by atoms with E-state index in [9.17, 15) is 35.4 Å². The summed E-state index contributed by atoms with van der Waals surface area (Å²) in [5.41, 5.74) is 1.43. The minimum Gasteiger partial charge on any atom is -0.458 e. The van der Waals surface area contributed by atoms with Crippen molar-refractivity contribution in [1.29, 1.82) is 0 Å². The van der Waals surface area contributed by atoms with Gasteiger partial charge in [0.25, 0.3) is 0 Å². The molecule has 1 aromatic heterocycles. The molecule has 0 aliphatic carbocycles. The van der Waals surface area contributed by atoms with Gasteiger partial charge in [-0.25, -0.2) is 9.78 Å². The highest BCUT2D eigenvalue weighted by Crippen LogP contribution is 2.28. The molecule has 2 aliphatic heterocycles. The van der Waals surface area contributed by atoms with Gasteiger partial charge in [0.05, 0.1) is 42.5 Å². The number of allylic oxidation sites excluding steroid dienone is 12. The minimum atomic E-state index is -1.25. The second-order valence-corrected chi connectivity index (χ2v) is 15.8. The molecular formula is C47H67NO12. The quantitative estimate of drug-likeness (QED) is 0.186. The lowest BCUT2D eigenvalue weighted by atomic mass is 9.86. The third-order valence-corrected chi connectivity index (χ3v) is 10.5. The first-order valence-corrected chi connectivity index (χ1v) is 20.7. The first-order chi connectivity index (χ1) is 28.5. The van der Waals surface area contributed by atoms with Crippen molar-refractivity contribution in [3.05, 3.63) is 121 Å². The number of hydrogen-bond donors (Lipinski definition) is 6. The second-order valence-electron chi connectivity index (χ2n) is 15.8. The van der Waals surface area contributed by atoms with E-state index in [2.05, 4.69) is 4.98 Å². The number of carbonyl (C=O) groups is 1. The van der Waals surface area contributed by atoms with Crippen LogP contribution in [0.25, 0.3) is 6.08 Å². The zero-order valence-electron chi connectivity index (χ0n) is 36.0. The maximum atomic E-state index is 12.9. The fourth-order valence-corrected chi connectivity index (χ4v) is 6.85. The second kappa shape index (κ2) is 25.7. The van der Waals surface area contributed by atoms with Crippen LogP contribution in [0.15, 0.2) is 113 Å². The van der Waals surface area contributed by atoms with Crippen molar-refractivity contribution in [3.8, 4) is 0 Å². The number of hydrogen-bond acceptors (Lipinski definition) is 13. The van der Waals surface area contributed by atoms with Crippen LogP contribution in [0.3, 0.4) is 0 Å². The Hall–Kier alpha value is -4.02. The van der Waals surface area contributed by atoms with Crippen LogP contribution in [-0.2, 0) is 23.7 Å². The third kappa shape index (κ3) is 16.4. The van der Waals surface area contributed by atoms with Gasteiger partial charge in [-0.3, -0.25) is 0 Å². The van der Waals surface area contributed by atoms with Crippen LogP contribution < -0.4 is 0 Å². The summed E-state index contributed by atoms with van der Waals surface area (Å²) in [5, 5.41) is 63.6. The van der Waals surface area contributed by atoms with E-state index in [0.29, 0.717) is 11.6 Å². The number of rotatable bonds is 7. The number of methoxy groups -OCH3 is 1. The minimum absolute atomic E-state index is 0.0458. The normalized spacial score (nSPS) is 38.6. The predicted molar refractivity (Wildman–Crippen MR) is 230 cm³/mol. The van der Waals surface area contributed by atoms with E-state index in [1.54, 1.807) is 94.5 Å². The summed E-state index contributed by atoms with van der Waals surface area (Å²) in [6.45, 7) is 12.6. The van der Waals surface area contributed by atoms with Gasteiger partial charge in [-0.05, 0) is 33.3 Å². The summed E-state index contributed by atoms with van der Waals surface area (Å²) in [6, 6.07) is 0. The number of fused-ring (bicyclic) bond motifs is 2. The predicted octanol–water partition coefficient (Wildman–Crippen LogP) is 5.58. The van der Waals surface area contributed by atoms with Crippen LogP contribution in [0.5, 0.6) is 0 Å². The Bertz CT molecular complexity index is 1720. The van der Waals surface area contributed by atoms with Gasteiger partial charge in [-0.2, -0.15) is 0 Å². The highest BCUT2D eigenvalue weighted by Gasteiger charge is 2.44. The molecule has 2 aliphatic rings. The SMILES string of the molecule is CO[C@@H]1[C@@H](O)[C@H](OC2/C=C\C=C\c3coc(n3)C(C)C(O)CC(O)/C=C/C=C/C=C\C(C)C(C(C)C(O)CC(C)O)OC(=O)\C=C/C=C/C=C\C(C)=C\C2C)O[C@H](C)[C@H]1O. The summed E-state index contributed by atoms with van der Waals surface area (Å²) in [5.74, 6) is -1.80. The molecule has 3 rings (SSSR count). The molecule has 6 N–H and O–H groups in total. The topological polar surface area (TPSA) is 201 Å². The number of nitrogens with zero attached hydrogens (tertiary/aromatic N) is 1. The molecule has 0 spiro atoms. The number of aliphatic hydroxyl groups is 6. The molecule has 1 saturated heterocycles. The van der Waals surface area contributed by atoms with Gasteiger partial charge in [-0.15, -0.1) is 0 Å². The molecule has 332 valence electrons. The first-order valence-electron chi connectivity index (χ1n) is 20.7. The van der Waals surface area contributed by atoms with Gasteiger partial charge >= 0.3 is 5.97 Å². The standard InChI is InChI=1S/C47H67NO12/c1-29-19-13-9-12-16-24-41(53)60-44(33(5)38(51)26-32(4)49)30(2)20-14-10-11-15-22-37(50)27-39(52)34(6)46-48-36(28-57-46)21-17-18-23-40(31(3)25-29)59-47-43(55)45(56-8)42(54)35(7)58-47/h9-25,28,30-35,37-40,42-45,47,49-52,54-55H,26-27H2,1-8H3/b11-10+,12-9+,19-13-,20-14-,21-17+,22-15+,23-18-,24-16-,29-25+/t30?,31?,32?,33?,34?,35-,37?,38?,39?,40?,42-,43-,44?,45+,47+/m1/s1. The van der Waals surface area contributed by atoms with Crippen LogP contribution in [0.4, 0.5) is 0 Å². The zero-order valence-corrected chi connectivity index (χ0v) is 36.0. The highest BCUT2D eigenvalue weighted by atomic mass is 16.7. The first kappa shape index (κ1) is 50.3. The summed E-state index contributed by atoms with van der Waals surface area (Å²) in [7, 11) is 1.41. The van der Waals surface area contributed by atoms with Crippen LogP contribution in [0.1, 0.15) is 78.8 Å². The molecule has 0 saturated carbocycles. The highest BCUT2D eigenvalue weighted by molar-refractivity contribution is 5.82. The molecule has 15 atom stereocenters. The average molecular weight is 838 g/mol. The van der Waals surface area contributed by atoms with Crippen molar-refractivity contribution in [2.75, 3.05) is 7.11 Å². The van der Waals surface area contributed by atoms with Crippen molar-refractivity contribution < 1.29 is 58.8 Å². The van der Waals surface area contributed by atoms with Gasteiger partial charge < -0.3 is 54.0 Å². The van der Waals surface area contributed by atoms with Crippen LogP contribution >= 0.6 is 0 Å². The Kier molecular flexibility index (Phi) is 21.5. The Morgan fingerprint density at radius 1 is 0.817 bits per heavy atom. The Morgan fingerprint density at radius 2 is 1.45 bits per heavy atom. The van der Waals surface area contributed by atoms with E-state index in [4.69, 9.17) is 23.4 Å². The number of ether oxygens (including phenoxy) is 4. The van der Waals surface area contributed by atoms with Gasteiger partial charge in [0, 0.05) is 37.4 Å². The smallest absolute Gasteiger partial charge is 0.331 e. The molecule has 13 heteroatoms. The van der Waals surface area contributed by atoms with E-state index in [-0.39, 0.29) is 24.7 Å². The third-order valence-electron chi connectivity index (χ3n) is 10.5. The summed E-state index contributed by atoms with van der Waals surface area (Å²) < 4.78 is 29.1. The van der Waals surface area contributed by atoms with Crippen LogP contribution in [0, 0.1) is 17.8 Å². The summed E-state index contributed by atoms with van der Waals surface area (Å²) in [6.07, 6.45) is 21.4. The number of carbonyl (C=O) groups excluding carboxylic acids is 1. The van der Waals surface area contributed by atoms with Crippen molar-refractivity contribution in [2.24, 2.45) is 17.8 Å².